The van der Waals surface area contributed by atoms with Crippen LogP contribution in [0.25, 0.3) is 0 Å². The van der Waals surface area contributed by atoms with Gasteiger partial charge in [-0.25, -0.2) is 0 Å². The van der Waals surface area contributed by atoms with Crippen molar-refractivity contribution in [2.24, 2.45) is 0 Å². The average Bonchev–Trinajstić information content (AvgIpc) is 2.68. The fraction of sp³-hybridized carbons (Fsp3) is 0.188. The molecule has 0 fully saturated rings. The first kappa shape index (κ1) is 11.8. The quantitative estimate of drug-likeness (QED) is 0.793. The summed E-state index contributed by atoms with van der Waals surface area (Å²) < 4.78 is 0. The van der Waals surface area contributed by atoms with Crippen LogP contribution in [0.2, 0.25) is 0 Å². The van der Waals surface area contributed by atoms with Gasteiger partial charge >= 0.3 is 0 Å². The van der Waals surface area contributed by atoms with Crippen LogP contribution in [0.4, 0.5) is 11.4 Å². The molecule has 3 rings (SSSR count). The monoisotopic (exact) mass is 252 g/mol. The second-order valence-corrected chi connectivity index (χ2v) is 5.11. The molecule has 1 aliphatic heterocycles. The molecule has 0 saturated heterocycles. The number of hydrogen-bond donors (Lipinski definition) is 1. The van der Waals surface area contributed by atoms with Crippen molar-refractivity contribution in [1.29, 1.82) is 0 Å². The highest BCUT2D eigenvalue weighted by molar-refractivity contribution is 6.11. The summed E-state index contributed by atoms with van der Waals surface area (Å²) in [5.41, 5.74) is 11.6. The Balaban J connectivity index is 2.06. The van der Waals surface area contributed by atoms with Crippen molar-refractivity contribution < 1.29 is 4.79 Å². The summed E-state index contributed by atoms with van der Waals surface area (Å²) in [5.74, 6) is 0.0345. The highest BCUT2D eigenvalue weighted by atomic mass is 16.2. The largest absolute Gasteiger partial charge is 0.398 e. The molecule has 0 saturated carbocycles. The number of benzene rings is 2. The van der Waals surface area contributed by atoms with Gasteiger partial charge in [-0.15, -0.1) is 0 Å². The van der Waals surface area contributed by atoms with E-state index in [-0.39, 0.29) is 5.91 Å². The van der Waals surface area contributed by atoms with Crippen molar-refractivity contribution in [3.63, 3.8) is 0 Å². The van der Waals surface area contributed by atoms with Gasteiger partial charge in [-0.2, -0.15) is 0 Å². The van der Waals surface area contributed by atoms with Crippen molar-refractivity contribution in [2.75, 3.05) is 10.6 Å². The molecular formula is C16H16N2O. The van der Waals surface area contributed by atoms with E-state index in [0.29, 0.717) is 12.2 Å². The number of hydrogen-bond acceptors (Lipinski definition) is 2. The molecule has 0 radical (unpaired) electrons. The first-order valence-corrected chi connectivity index (χ1v) is 6.34. The predicted molar refractivity (Wildman–Crippen MR) is 77.3 cm³/mol. The Bertz CT molecular complexity index is 656. The van der Waals surface area contributed by atoms with Crippen molar-refractivity contribution >= 4 is 17.3 Å². The molecule has 0 aliphatic carbocycles. The van der Waals surface area contributed by atoms with E-state index in [1.807, 2.05) is 44.2 Å². The Morgan fingerprint density at radius 2 is 1.79 bits per heavy atom. The van der Waals surface area contributed by atoms with E-state index in [9.17, 15) is 4.79 Å². The molecule has 0 aromatic heterocycles. The highest BCUT2D eigenvalue weighted by Crippen LogP contribution is 2.32. The van der Waals surface area contributed by atoms with Crippen LogP contribution in [0.1, 0.15) is 27.0 Å². The lowest BCUT2D eigenvalue weighted by Gasteiger charge is -2.17. The van der Waals surface area contributed by atoms with Gasteiger partial charge in [0, 0.05) is 22.5 Å². The van der Waals surface area contributed by atoms with Gasteiger partial charge in [0.2, 0.25) is 0 Å². The first-order valence-electron chi connectivity index (χ1n) is 6.34. The molecule has 0 spiro atoms. The highest BCUT2D eigenvalue weighted by Gasteiger charge is 2.29. The molecule has 0 unspecified atom stereocenters. The normalized spacial score (nSPS) is 13.8. The van der Waals surface area contributed by atoms with E-state index in [4.69, 9.17) is 5.73 Å². The van der Waals surface area contributed by atoms with Crippen LogP contribution in [0.15, 0.2) is 36.4 Å². The van der Waals surface area contributed by atoms with Gasteiger partial charge in [0.15, 0.2) is 0 Å². The second kappa shape index (κ2) is 4.12. The average molecular weight is 252 g/mol. The smallest absolute Gasteiger partial charge is 0.259 e. The Kier molecular flexibility index (Phi) is 2.56. The zero-order valence-corrected chi connectivity index (χ0v) is 11.1. The van der Waals surface area contributed by atoms with Gasteiger partial charge in [-0.3, -0.25) is 4.79 Å². The third-order valence-electron chi connectivity index (χ3n) is 3.52. The Morgan fingerprint density at radius 1 is 1.11 bits per heavy atom. The van der Waals surface area contributed by atoms with Gasteiger partial charge < -0.3 is 10.6 Å². The number of amides is 1. The van der Waals surface area contributed by atoms with Crippen LogP contribution in [0, 0.1) is 13.8 Å². The molecule has 1 heterocycles. The molecule has 2 aromatic carbocycles. The van der Waals surface area contributed by atoms with E-state index in [0.717, 1.165) is 27.9 Å². The van der Waals surface area contributed by atoms with Crippen LogP contribution >= 0.6 is 0 Å². The summed E-state index contributed by atoms with van der Waals surface area (Å²) >= 11 is 0. The van der Waals surface area contributed by atoms with Gasteiger partial charge in [0.25, 0.3) is 5.91 Å². The molecule has 96 valence electrons. The molecular weight excluding hydrogens is 236 g/mol. The maximum absolute atomic E-state index is 12.4. The van der Waals surface area contributed by atoms with Crippen LogP contribution in [-0.2, 0) is 6.54 Å². The van der Waals surface area contributed by atoms with Gasteiger partial charge in [-0.05, 0) is 49.2 Å². The number of nitrogen functional groups attached to an aromatic ring is 1. The topological polar surface area (TPSA) is 46.3 Å². The van der Waals surface area contributed by atoms with Crippen molar-refractivity contribution in [3.8, 4) is 0 Å². The molecule has 1 aliphatic rings. The van der Waals surface area contributed by atoms with Crippen LogP contribution in [0.3, 0.4) is 0 Å². The van der Waals surface area contributed by atoms with Crippen molar-refractivity contribution in [1.82, 2.24) is 0 Å². The minimum Gasteiger partial charge on any atom is -0.398 e. The summed E-state index contributed by atoms with van der Waals surface area (Å²) in [5, 5.41) is 0. The summed E-state index contributed by atoms with van der Waals surface area (Å²) in [6, 6.07) is 11.7. The molecule has 3 heteroatoms. The van der Waals surface area contributed by atoms with Gasteiger partial charge in [-0.1, -0.05) is 12.1 Å². The molecule has 3 nitrogen and oxygen atoms in total. The van der Waals surface area contributed by atoms with E-state index < -0.39 is 0 Å². The van der Waals surface area contributed by atoms with E-state index in [1.54, 1.807) is 4.90 Å². The summed E-state index contributed by atoms with van der Waals surface area (Å²) in [4.78, 5) is 14.2. The fourth-order valence-corrected chi connectivity index (χ4v) is 2.67. The molecule has 2 N–H and O–H groups in total. The summed E-state index contributed by atoms with van der Waals surface area (Å²) in [6.07, 6.45) is 0. The number of carbonyl (C=O) groups excluding carboxylic acids is 1. The first-order chi connectivity index (χ1) is 9.06. The minimum atomic E-state index is 0.0345. The molecule has 19 heavy (non-hydrogen) atoms. The second-order valence-electron chi connectivity index (χ2n) is 5.11. The van der Waals surface area contributed by atoms with Gasteiger partial charge in [0.05, 0.1) is 6.54 Å². The number of anilines is 2. The van der Waals surface area contributed by atoms with Crippen molar-refractivity contribution in [3.05, 3.63) is 58.7 Å². The van der Waals surface area contributed by atoms with E-state index in [1.165, 1.54) is 0 Å². The molecule has 0 bridgehead atoms. The molecule has 0 atom stereocenters. The maximum atomic E-state index is 12.4. The number of rotatable bonds is 1. The Morgan fingerprint density at radius 3 is 2.42 bits per heavy atom. The van der Waals surface area contributed by atoms with Crippen LogP contribution < -0.4 is 10.6 Å². The third-order valence-corrected chi connectivity index (χ3v) is 3.52. The molecule has 2 aromatic rings. The van der Waals surface area contributed by atoms with E-state index in [2.05, 4.69) is 6.07 Å². The summed E-state index contributed by atoms with van der Waals surface area (Å²) in [6.45, 7) is 4.64. The SMILES string of the molecule is Cc1cc(C)cc(N2Cc3c(N)cccc3C2=O)c1. The third kappa shape index (κ3) is 1.87. The van der Waals surface area contributed by atoms with Crippen LogP contribution in [-0.4, -0.2) is 5.91 Å². The lowest BCUT2D eigenvalue weighted by molar-refractivity contribution is 0.0996. The predicted octanol–water partition coefficient (Wildman–Crippen LogP) is 3.05. The number of aryl methyl sites for hydroxylation is 2. The Hall–Kier alpha value is -2.29. The maximum Gasteiger partial charge on any atom is 0.259 e. The standard InChI is InChI=1S/C16H16N2O/c1-10-6-11(2)8-12(7-10)18-9-14-13(16(18)19)4-3-5-15(14)17/h3-8H,9,17H2,1-2H3. The van der Waals surface area contributed by atoms with Crippen LogP contribution in [0.5, 0.6) is 0 Å². The fourth-order valence-electron chi connectivity index (χ4n) is 2.67. The lowest BCUT2D eigenvalue weighted by Crippen LogP contribution is -2.23. The zero-order chi connectivity index (χ0) is 13.6. The Labute approximate surface area is 112 Å². The minimum absolute atomic E-state index is 0.0345. The lowest BCUT2D eigenvalue weighted by atomic mass is 10.1. The van der Waals surface area contributed by atoms with Gasteiger partial charge in [0.1, 0.15) is 0 Å². The number of fused-ring (bicyclic) bond motifs is 1. The van der Waals surface area contributed by atoms with E-state index >= 15 is 0 Å². The number of nitrogens with two attached hydrogens (primary N) is 1. The summed E-state index contributed by atoms with van der Waals surface area (Å²) in [7, 11) is 0. The zero-order valence-electron chi connectivity index (χ0n) is 11.1. The number of carbonyl (C=O) groups is 1. The molecule has 1 amide bonds. The van der Waals surface area contributed by atoms with Crippen molar-refractivity contribution in [2.45, 2.75) is 20.4 Å². The number of nitrogens with zero attached hydrogens (tertiary/aromatic N) is 1.